The van der Waals surface area contributed by atoms with E-state index in [1.807, 2.05) is 0 Å². The molecule has 2 aromatic rings. The highest BCUT2D eigenvalue weighted by molar-refractivity contribution is 5.68. The van der Waals surface area contributed by atoms with Crippen molar-refractivity contribution in [3.63, 3.8) is 0 Å². The monoisotopic (exact) mass is 410 g/mol. The first-order valence-corrected chi connectivity index (χ1v) is 9.10. The number of carboxylic acids is 1. The number of ether oxygens (including phenoxy) is 3. The van der Waals surface area contributed by atoms with E-state index in [-0.39, 0.29) is 18.8 Å². The van der Waals surface area contributed by atoms with Crippen LogP contribution in [0.5, 0.6) is 11.5 Å². The molecule has 5 nitrogen and oxygen atoms in total. The third-order valence-corrected chi connectivity index (χ3v) is 4.77. The van der Waals surface area contributed by atoms with Crippen LogP contribution in [0.4, 0.5) is 13.2 Å². The maximum absolute atomic E-state index is 13.1. The lowest BCUT2D eigenvalue weighted by Crippen LogP contribution is -2.29. The van der Waals surface area contributed by atoms with Crippen LogP contribution in [0.25, 0.3) is 0 Å². The second-order valence-electron chi connectivity index (χ2n) is 6.90. The summed E-state index contributed by atoms with van der Waals surface area (Å²) in [6.45, 7) is 3.80. The predicted octanol–water partition coefficient (Wildman–Crippen LogP) is 4.94. The van der Waals surface area contributed by atoms with Crippen LogP contribution in [0.1, 0.15) is 43.1 Å². The van der Waals surface area contributed by atoms with Crippen LogP contribution in [0.2, 0.25) is 0 Å². The molecular weight excluding hydrogens is 389 g/mol. The highest BCUT2D eigenvalue weighted by atomic mass is 19.4. The molecule has 156 valence electrons. The standard InChI is InChI=1S/C21H21F3O5/c1-3-28-20(2,11-18(25)26)13-7-9-14(10-8-13)29-17-12-27-19-15(17)5-4-6-16(19)21(22,23)24/h4-10,17H,3,11-12H2,1-2H3,(H,25,26)/t17?,20-/m0/s1. The fraction of sp³-hybridized carbons (Fsp3) is 0.381. The normalized spacial score (nSPS) is 17.9. The number of carboxylic acid groups (broad SMARTS) is 1. The van der Waals surface area contributed by atoms with Crippen molar-refractivity contribution in [3.8, 4) is 11.5 Å². The molecule has 8 heteroatoms. The van der Waals surface area contributed by atoms with Crippen molar-refractivity contribution in [1.29, 1.82) is 0 Å². The largest absolute Gasteiger partial charge is 0.488 e. The van der Waals surface area contributed by atoms with Gasteiger partial charge in [0.25, 0.3) is 0 Å². The SMILES string of the molecule is CCO[C@@](C)(CC(=O)O)c1ccc(OC2COc3c2cccc3C(F)(F)F)cc1. The van der Waals surface area contributed by atoms with E-state index in [9.17, 15) is 18.0 Å². The number of aliphatic carboxylic acids is 1. The van der Waals surface area contributed by atoms with Crippen molar-refractivity contribution in [2.75, 3.05) is 13.2 Å². The van der Waals surface area contributed by atoms with Gasteiger partial charge < -0.3 is 19.3 Å². The second kappa shape index (κ2) is 7.94. The average molecular weight is 410 g/mol. The number of rotatable bonds is 7. The fourth-order valence-corrected chi connectivity index (χ4v) is 3.43. The van der Waals surface area contributed by atoms with Gasteiger partial charge in [-0.15, -0.1) is 0 Å². The fourth-order valence-electron chi connectivity index (χ4n) is 3.43. The number of hydrogen-bond donors (Lipinski definition) is 1. The number of alkyl halides is 3. The summed E-state index contributed by atoms with van der Waals surface area (Å²) in [5, 5.41) is 9.16. The molecule has 29 heavy (non-hydrogen) atoms. The van der Waals surface area contributed by atoms with Crippen LogP contribution in [-0.2, 0) is 21.3 Å². The van der Waals surface area contributed by atoms with E-state index < -0.39 is 29.4 Å². The first-order chi connectivity index (χ1) is 13.6. The molecule has 1 N–H and O–H groups in total. The molecular formula is C21H21F3O5. The van der Waals surface area contributed by atoms with Crippen molar-refractivity contribution >= 4 is 5.97 Å². The Morgan fingerprint density at radius 1 is 1.21 bits per heavy atom. The van der Waals surface area contributed by atoms with E-state index in [0.717, 1.165) is 6.07 Å². The molecule has 2 atom stereocenters. The van der Waals surface area contributed by atoms with Crippen LogP contribution in [0, 0.1) is 0 Å². The molecule has 0 fully saturated rings. The summed E-state index contributed by atoms with van der Waals surface area (Å²) >= 11 is 0. The molecule has 0 aromatic heterocycles. The molecule has 1 aliphatic heterocycles. The van der Waals surface area contributed by atoms with Gasteiger partial charge in [0.2, 0.25) is 0 Å². The number of carbonyl (C=O) groups is 1. The lowest BCUT2D eigenvalue weighted by molar-refractivity contribution is -0.145. The smallest absolute Gasteiger partial charge is 0.419 e. The quantitative estimate of drug-likeness (QED) is 0.700. The molecule has 0 amide bonds. The molecule has 1 unspecified atom stereocenters. The van der Waals surface area contributed by atoms with E-state index in [1.165, 1.54) is 6.07 Å². The zero-order chi connectivity index (χ0) is 21.2. The van der Waals surface area contributed by atoms with Gasteiger partial charge in [-0.3, -0.25) is 4.79 Å². The van der Waals surface area contributed by atoms with Gasteiger partial charge in [0.1, 0.15) is 23.7 Å². The maximum Gasteiger partial charge on any atom is 0.419 e. The minimum absolute atomic E-state index is 0.0279. The Morgan fingerprint density at radius 3 is 2.48 bits per heavy atom. The van der Waals surface area contributed by atoms with Gasteiger partial charge in [0.15, 0.2) is 6.10 Å². The first kappa shape index (κ1) is 21.0. The zero-order valence-electron chi connectivity index (χ0n) is 16.0. The summed E-state index contributed by atoms with van der Waals surface area (Å²) in [6, 6.07) is 10.5. The topological polar surface area (TPSA) is 65.0 Å². The van der Waals surface area contributed by atoms with Crippen molar-refractivity contribution in [3.05, 3.63) is 59.2 Å². The summed E-state index contributed by atoms with van der Waals surface area (Å²) in [5.74, 6) is -0.754. The van der Waals surface area contributed by atoms with E-state index in [0.29, 0.717) is 23.5 Å². The molecule has 0 radical (unpaired) electrons. The molecule has 0 spiro atoms. The van der Waals surface area contributed by atoms with E-state index in [4.69, 9.17) is 19.3 Å². The third kappa shape index (κ3) is 4.48. The van der Waals surface area contributed by atoms with Crippen LogP contribution >= 0.6 is 0 Å². The molecule has 1 heterocycles. The summed E-state index contributed by atoms with van der Waals surface area (Å²) in [4.78, 5) is 11.2. The number of para-hydroxylation sites is 1. The van der Waals surface area contributed by atoms with Gasteiger partial charge in [0, 0.05) is 12.2 Å². The maximum atomic E-state index is 13.1. The molecule has 0 saturated carbocycles. The second-order valence-corrected chi connectivity index (χ2v) is 6.90. The van der Waals surface area contributed by atoms with Crippen molar-refractivity contribution in [2.24, 2.45) is 0 Å². The highest BCUT2D eigenvalue weighted by Gasteiger charge is 2.39. The van der Waals surface area contributed by atoms with Crippen LogP contribution in [-0.4, -0.2) is 24.3 Å². The summed E-state index contributed by atoms with van der Waals surface area (Å²) in [5.41, 5.74) is -0.813. The Morgan fingerprint density at radius 2 is 1.90 bits per heavy atom. The summed E-state index contributed by atoms with van der Waals surface area (Å²) in [7, 11) is 0. The Balaban J connectivity index is 1.79. The Bertz CT molecular complexity index is 879. The zero-order valence-corrected chi connectivity index (χ0v) is 16.0. The van der Waals surface area contributed by atoms with Gasteiger partial charge in [-0.1, -0.05) is 24.3 Å². The van der Waals surface area contributed by atoms with Crippen LogP contribution in [0.3, 0.4) is 0 Å². The number of benzene rings is 2. The van der Waals surface area contributed by atoms with Crippen molar-refractivity contribution < 1.29 is 37.3 Å². The summed E-state index contributed by atoms with van der Waals surface area (Å²) in [6.07, 6.45) is -5.38. The molecule has 0 saturated heterocycles. The van der Waals surface area contributed by atoms with Gasteiger partial charge in [-0.25, -0.2) is 0 Å². The lowest BCUT2D eigenvalue weighted by atomic mass is 9.92. The molecule has 1 aliphatic rings. The molecule has 3 rings (SSSR count). The molecule has 0 bridgehead atoms. The Kier molecular flexibility index (Phi) is 5.75. The van der Waals surface area contributed by atoms with E-state index >= 15 is 0 Å². The Labute approximate surface area is 166 Å². The van der Waals surface area contributed by atoms with E-state index in [2.05, 4.69) is 0 Å². The number of fused-ring (bicyclic) bond motifs is 1. The minimum Gasteiger partial charge on any atom is -0.488 e. The predicted molar refractivity (Wildman–Crippen MR) is 98.0 cm³/mol. The van der Waals surface area contributed by atoms with Gasteiger partial charge in [-0.2, -0.15) is 13.2 Å². The third-order valence-electron chi connectivity index (χ3n) is 4.77. The molecule has 2 aromatic carbocycles. The Hall–Kier alpha value is -2.74. The number of halogens is 3. The van der Waals surface area contributed by atoms with E-state index in [1.54, 1.807) is 44.2 Å². The van der Waals surface area contributed by atoms with Gasteiger partial charge >= 0.3 is 12.1 Å². The van der Waals surface area contributed by atoms with Crippen LogP contribution < -0.4 is 9.47 Å². The van der Waals surface area contributed by atoms with Crippen LogP contribution in [0.15, 0.2) is 42.5 Å². The van der Waals surface area contributed by atoms with Gasteiger partial charge in [-0.05, 0) is 37.6 Å². The average Bonchev–Trinajstić information content (AvgIpc) is 3.04. The highest BCUT2D eigenvalue weighted by Crippen LogP contribution is 2.44. The van der Waals surface area contributed by atoms with Gasteiger partial charge in [0.05, 0.1) is 12.0 Å². The minimum atomic E-state index is -4.50. The summed E-state index contributed by atoms with van der Waals surface area (Å²) < 4.78 is 56.1. The molecule has 0 aliphatic carbocycles. The lowest BCUT2D eigenvalue weighted by Gasteiger charge is -2.28. The van der Waals surface area contributed by atoms with Crippen molar-refractivity contribution in [1.82, 2.24) is 0 Å². The first-order valence-electron chi connectivity index (χ1n) is 9.10. The number of hydrogen-bond acceptors (Lipinski definition) is 4. The van der Waals surface area contributed by atoms with Crippen molar-refractivity contribution in [2.45, 2.75) is 38.1 Å².